The van der Waals surface area contributed by atoms with Gasteiger partial charge < -0.3 is 5.73 Å². The summed E-state index contributed by atoms with van der Waals surface area (Å²) in [5.41, 5.74) is 6.89. The van der Waals surface area contributed by atoms with Crippen LogP contribution in [0.5, 0.6) is 0 Å². The van der Waals surface area contributed by atoms with Crippen LogP contribution in [0.4, 0.5) is 5.95 Å². The molecule has 1 fully saturated rings. The second kappa shape index (κ2) is 5.65. The van der Waals surface area contributed by atoms with Crippen molar-refractivity contribution in [2.24, 2.45) is 0 Å². The molecule has 0 radical (unpaired) electrons. The van der Waals surface area contributed by atoms with Gasteiger partial charge in [-0.2, -0.15) is 21.3 Å². The molecule has 4 nitrogen and oxygen atoms in total. The van der Waals surface area contributed by atoms with Gasteiger partial charge in [-0.1, -0.05) is 25.7 Å². The summed E-state index contributed by atoms with van der Waals surface area (Å²) in [5, 5.41) is 4.08. The number of nitrogens with zero attached hydrogens (tertiary/aromatic N) is 3. The predicted octanol–water partition coefficient (Wildman–Crippen LogP) is 3.62. The van der Waals surface area contributed by atoms with E-state index in [2.05, 4.69) is 15.0 Å². The lowest BCUT2D eigenvalue weighted by Gasteiger charge is -2.13. The third-order valence-electron chi connectivity index (χ3n) is 3.67. The van der Waals surface area contributed by atoms with Crippen molar-refractivity contribution < 1.29 is 0 Å². The Bertz CT molecular complexity index is 530. The molecule has 100 valence electrons. The Morgan fingerprint density at radius 2 is 1.84 bits per heavy atom. The summed E-state index contributed by atoms with van der Waals surface area (Å²) in [4.78, 5) is 13.3. The summed E-state index contributed by atoms with van der Waals surface area (Å²) < 4.78 is 0. The molecule has 1 saturated carbocycles. The Kier molecular flexibility index (Phi) is 3.73. The first-order valence-corrected chi connectivity index (χ1v) is 7.81. The van der Waals surface area contributed by atoms with E-state index in [0.717, 1.165) is 11.4 Å². The summed E-state index contributed by atoms with van der Waals surface area (Å²) in [6.07, 6.45) is 7.54. The van der Waals surface area contributed by atoms with Crippen molar-refractivity contribution in [1.29, 1.82) is 0 Å². The molecule has 0 aromatic carbocycles. The lowest BCUT2D eigenvalue weighted by molar-refractivity contribution is 0.559. The number of aromatic nitrogens is 3. The van der Waals surface area contributed by atoms with Crippen molar-refractivity contribution in [3.63, 3.8) is 0 Å². The van der Waals surface area contributed by atoms with Crippen molar-refractivity contribution in [3.05, 3.63) is 22.7 Å². The smallest absolute Gasteiger partial charge is 0.223 e. The van der Waals surface area contributed by atoms with Crippen LogP contribution in [0.25, 0.3) is 11.4 Å². The molecular weight excluding hydrogens is 256 g/mol. The maximum atomic E-state index is 5.85. The highest BCUT2D eigenvalue weighted by Crippen LogP contribution is 2.30. The Morgan fingerprint density at radius 1 is 1.05 bits per heavy atom. The van der Waals surface area contributed by atoms with Crippen LogP contribution in [0.2, 0.25) is 0 Å². The van der Waals surface area contributed by atoms with E-state index >= 15 is 0 Å². The van der Waals surface area contributed by atoms with Gasteiger partial charge in [0.25, 0.3) is 0 Å². The van der Waals surface area contributed by atoms with Gasteiger partial charge in [-0.25, -0.2) is 4.98 Å². The number of anilines is 1. The molecule has 0 atom stereocenters. The largest absolute Gasteiger partial charge is 0.368 e. The minimum atomic E-state index is 0.343. The second-order valence-electron chi connectivity index (χ2n) is 5.08. The van der Waals surface area contributed by atoms with Gasteiger partial charge in [0.2, 0.25) is 5.95 Å². The summed E-state index contributed by atoms with van der Waals surface area (Å²) in [6.45, 7) is 0. The van der Waals surface area contributed by atoms with Gasteiger partial charge in [0, 0.05) is 16.9 Å². The zero-order valence-corrected chi connectivity index (χ0v) is 11.7. The second-order valence-corrected chi connectivity index (χ2v) is 5.86. The highest BCUT2D eigenvalue weighted by molar-refractivity contribution is 7.08. The van der Waals surface area contributed by atoms with Crippen molar-refractivity contribution in [1.82, 2.24) is 15.0 Å². The highest BCUT2D eigenvalue weighted by atomic mass is 32.1. The van der Waals surface area contributed by atoms with Crippen LogP contribution in [0, 0.1) is 0 Å². The molecule has 1 aliphatic rings. The van der Waals surface area contributed by atoms with Crippen LogP contribution in [-0.2, 0) is 0 Å². The fraction of sp³-hybridized carbons (Fsp3) is 0.500. The number of hydrogen-bond acceptors (Lipinski definition) is 5. The number of nitrogen functional groups attached to an aromatic ring is 1. The van der Waals surface area contributed by atoms with Crippen LogP contribution in [0.1, 0.15) is 50.3 Å². The maximum absolute atomic E-state index is 5.85. The number of nitrogens with two attached hydrogens (primary N) is 1. The Balaban J connectivity index is 1.92. The van der Waals surface area contributed by atoms with Crippen molar-refractivity contribution in [2.45, 2.75) is 44.4 Å². The molecule has 2 heterocycles. The van der Waals surface area contributed by atoms with Gasteiger partial charge in [0.15, 0.2) is 5.82 Å². The molecule has 0 saturated heterocycles. The number of thiophene rings is 1. The molecule has 0 amide bonds. The lowest BCUT2D eigenvalue weighted by Crippen LogP contribution is -2.09. The molecule has 3 rings (SSSR count). The van der Waals surface area contributed by atoms with Gasteiger partial charge in [-0.15, -0.1) is 0 Å². The third-order valence-corrected chi connectivity index (χ3v) is 4.35. The first-order valence-electron chi connectivity index (χ1n) is 6.87. The van der Waals surface area contributed by atoms with Gasteiger partial charge >= 0.3 is 0 Å². The first-order chi connectivity index (χ1) is 9.33. The van der Waals surface area contributed by atoms with Crippen LogP contribution in [0.3, 0.4) is 0 Å². The summed E-state index contributed by atoms with van der Waals surface area (Å²) in [6, 6.07) is 2.02. The van der Waals surface area contributed by atoms with Crippen LogP contribution in [-0.4, -0.2) is 15.0 Å². The van der Waals surface area contributed by atoms with Gasteiger partial charge in [0.05, 0.1) is 0 Å². The Hall–Kier alpha value is -1.49. The molecule has 19 heavy (non-hydrogen) atoms. The third kappa shape index (κ3) is 2.92. The van der Waals surface area contributed by atoms with Crippen molar-refractivity contribution >= 4 is 17.3 Å². The average molecular weight is 274 g/mol. The van der Waals surface area contributed by atoms with Crippen LogP contribution >= 0.6 is 11.3 Å². The topological polar surface area (TPSA) is 64.7 Å². The van der Waals surface area contributed by atoms with Crippen molar-refractivity contribution in [3.8, 4) is 11.4 Å². The van der Waals surface area contributed by atoms with Crippen molar-refractivity contribution in [2.75, 3.05) is 5.73 Å². The molecule has 0 aliphatic heterocycles. The molecule has 2 aromatic rings. The molecule has 2 N–H and O–H groups in total. The van der Waals surface area contributed by atoms with Gasteiger partial charge in [0.1, 0.15) is 5.82 Å². The average Bonchev–Trinajstić information content (AvgIpc) is 2.81. The van der Waals surface area contributed by atoms with E-state index in [1.165, 1.54) is 38.5 Å². The molecule has 2 aromatic heterocycles. The summed E-state index contributed by atoms with van der Waals surface area (Å²) in [7, 11) is 0. The lowest BCUT2D eigenvalue weighted by atomic mass is 9.99. The first kappa shape index (κ1) is 12.5. The van der Waals surface area contributed by atoms with E-state index in [1.54, 1.807) is 11.3 Å². The molecular formula is C14H18N4S. The summed E-state index contributed by atoms with van der Waals surface area (Å²) in [5.74, 6) is 2.39. The predicted molar refractivity (Wildman–Crippen MR) is 78.0 cm³/mol. The standard InChI is InChI=1S/C14H18N4S/c15-14-17-12(10-5-3-1-2-4-6-10)16-13(18-14)11-7-8-19-9-11/h7-10H,1-6H2,(H2,15,16,17,18). The molecule has 1 aliphatic carbocycles. The van der Waals surface area contributed by atoms with E-state index in [0.29, 0.717) is 17.7 Å². The zero-order valence-electron chi connectivity index (χ0n) is 10.9. The molecule has 5 heteroatoms. The van der Waals surface area contributed by atoms with E-state index in [9.17, 15) is 0 Å². The van der Waals surface area contributed by atoms with E-state index < -0.39 is 0 Å². The highest BCUT2D eigenvalue weighted by Gasteiger charge is 2.19. The molecule has 0 spiro atoms. The Labute approximate surface area is 117 Å². The monoisotopic (exact) mass is 274 g/mol. The van der Waals surface area contributed by atoms with E-state index in [1.807, 2.05) is 16.8 Å². The zero-order chi connectivity index (χ0) is 13.1. The molecule has 0 unspecified atom stereocenters. The normalized spacial score (nSPS) is 17.3. The molecule has 0 bridgehead atoms. The minimum absolute atomic E-state index is 0.343. The minimum Gasteiger partial charge on any atom is -0.368 e. The van der Waals surface area contributed by atoms with Gasteiger partial charge in [-0.05, 0) is 24.3 Å². The number of hydrogen-bond donors (Lipinski definition) is 1. The SMILES string of the molecule is Nc1nc(-c2ccsc2)nc(C2CCCCCC2)n1. The van der Waals surface area contributed by atoms with Crippen LogP contribution in [0.15, 0.2) is 16.8 Å². The van der Waals surface area contributed by atoms with E-state index in [4.69, 9.17) is 5.73 Å². The fourth-order valence-corrected chi connectivity index (χ4v) is 3.28. The van der Waals surface area contributed by atoms with E-state index in [-0.39, 0.29) is 0 Å². The Morgan fingerprint density at radius 3 is 2.53 bits per heavy atom. The number of rotatable bonds is 2. The summed E-state index contributed by atoms with van der Waals surface area (Å²) >= 11 is 1.64. The quantitative estimate of drug-likeness (QED) is 0.849. The fourth-order valence-electron chi connectivity index (χ4n) is 2.65. The van der Waals surface area contributed by atoms with Gasteiger partial charge in [-0.3, -0.25) is 0 Å². The maximum Gasteiger partial charge on any atom is 0.223 e. The van der Waals surface area contributed by atoms with Crippen LogP contribution < -0.4 is 5.73 Å².